The second-order valence-corrected chi connectivity index (χ2v) is 5.71. The van der Waals surface area contributed by atoms with Crippen LogP contribution in [0.3, 0.4) is 0 Å². The summed E-state index contributed by atoms with van der Waals surface area (Å²) in [6, 6.07) is 6.73. The smallest absolute Gasteiger partial charge is 0.344 e. The highest BCUT2D eigenvalue weighted by Gasteiger charge is 2.65. The summed E-state index contributed by atoms with van der Waals surface area (Å²) in [5.74, 6) is -2.18. The number of rotatable bonds is 6. The van der Waals surface area contributed by atoms with Crippen LogP contribution in [0.4, 0.5) is 5.69 Å². The van der Waals surface area contributed by atoms with Gasteiger partial charge in [-0.25, -0.2) is 9.59 Å². The Labute approximate surface area is 146 Å². The number of amides is 1. The Balaban J connectivity index is 2.69. The average molecular weight is 349 g/mol. The van der Waals surface area contributed by atoms with Crippen molar-refractivity contribution in [1.29, 1.82) is 0 Å². The lowest BCUT2D eigenvalue weighted by Gasteiger charge is -2.36. The van der Waals surface area contributed by atoms with E-state index < -0.39 is 23.4 Å². The van der Waals surface area contributed by atoms with Crippen LogP contribution in [-0.4, -0.2) is 43.7 Å². The average Bonchev–Trinajstić information content (AvgIpc) is 2.86. The van der Waals surface area contributed by atoms with E-state index in [0.29, 0.717) is 11.4 Å². The van der Waals surface area contributed by atoms with Crippen molar-refractivity contribution in [3.63, 3.8) is 0 Å². The van der Waals surface area contributed by atoms with Crippen LogP contribution >= 0.6 is 0 Å². The highest BCUT2D eigenvalue weighted by atomic mass is 16.6. The number of nitrogens with zero attached hydrogens (tertiary/aromatic N) is 1. The molecule has 1 aromatic carbocycles. The Morgan fingerprint density at radius 1 is 1.16 bits per heavy atom. The number of benzene rings is 1. The molecule has 7 nitrogen and oxygen atoms in total. The first-order chi connectivity index (χ1) is 11.9. The first-order valence-corrected chi connectivity index (χ1v) is 8.25. The second-order valence-electron chi connectivity index (χ2n) is 5.71. The van der Waals surface area contributed by atoms with Gasteiger partial charge >= 0.3 is 11.9 Å². The van der Waals surface area contributed by atoms with Crippen molar-refractivity contribution < 1.29 is 28.6 Å². The van der Waals surface area contributed by atoms with Crippen molar-refractivity contribution in [2.45, 2.75) is 32.7 Å². The van der Waals surface area contributed by atoms with E-state index in [4.69, 9.17) is 14.2 Å². The molecule has 1 aliphatic heterocycles. The van der Waals surface area contributed by atoms with E-state index in [0.717, 1.165) is 0 Å². The quantitative estimate of drug-likeness (QED) is 0.576. The van der Waals surface area contributed by atoms with E-state index in [1.54, 1.807) is 45.0 Å². The minimum Gasteiger partial charge on any atom is -0.495 e. The SMILES string of the molecule is CCOC(=O)C1(C(=O)OCC)[C@@H](C)CC(=O)N1c1ccccc1OC. The van der Waals surface area contributed by atoms with E-state index in [9.17, 15) is 14.4 Å². The number of hydrogen-bond acceptors (Lipinski definition) is 6. The molecule has 7 heteroatoms. The van der Waals surface area contributed by atoms with Crippen molar-refractivity contribution in [1.82, 2.24) is 0 Å². The first kappa shape index (κ1) is 18.8. The second kappa shape index (κ2) is 7.55. The van der Waals surface area contributed by atoms with Crippen LogP contribution in [0, 0.1) is 5.92 Å². The minimum atomic E-state index is -1.86. The number of anilines is 1. The molecule has 0 saturated carbocycles. The lowest BCUT2D eigenvalue weighted by atomic mass is 9.85. The summed E-state index contributed by atoms with van der Waals surface area (Å²) in [5.41, 5.74) is -1.53. The van der Waals surface area contributed by atoms with Crippen molar-refractivity contribution in [2.24, 2.45) is 5.92 Å². The van der Waals surface area contributed by atoms with Gasteiger partial charge in [0.1, 0.15) is 5.75 Å². The van der Waals surface area contributed by atoms with Gasteiger partial charge in [0.2, 0.25) is 11.4 Å². The monoisotopic (exact) mass is 349 g/mol. The van der Waals surface area contributed by atoms with Gasteiger partial charge < -0.3 is 14.2 Å². The van der Waals surface area contributed by atoms with E-state index in [1.807, 2.05) is 0 Å². The maximum Gasteiger partial charge on any atom is 0.344 e. The van der Waals surface area contributed by atoms with Crippen LogP contribution in [0.15, 0.2) is 24.3 Å². The Morgan fingerprint density at radius 3 is 2.24 bits per heavy atom. The first-order valence-electron chi connectivity index (χ1n) is 8.25. The Morgan fingerprint density at radius 2 is 1.72 bits per heavy atom. The van der Waals surface area contributed by atoms with Crippen LogP contribution in [0.2, 0.25) is 0 Å². The number of esters is 2. The van der Waals surface area contributed by atoms with Gasteiger partial charge in [-0.15, -0.1) is 0 Å². The Hall–Kier alpha value is -2.57. The molecule has 0 N–H and O–H groups in total. The molecule has 1 fully saturated rings. The molecule has 0 bridgehead atoms. The predicted molar refractivity (Wildman–Crippen MR) is 90.3 cm³/mol. The van der Waals surface area contributed by atoms with Gasteiger partial charge in [-0.05, 0) is 26.0 Å². The van der Waals surface area contributed by atoms with Crippen LogP contribution in [0.1, 0.15) is 27.2 Å². The zero-order chi connectivity index (χ0) is 18.6. The standard InChI is InChI=1S/C18H23NO6/c1-5-24-16(21)18(17(22)25-6-2)12(3)11-15(20)19(18)13-9-7-8-10-14(13)23-4/h7-10,12H,5-6,11H2,1-4H3/t12-/m0/s1. The van der Waals surface area contributed by atoms with Crippen LogP contribution < -0.4 is 9.64 Å². The third-order valence-electron chi connectivity index (χ3n) is 4.30. The van der Waals surface area contributed by atoms with E-state index in [-0.39, 0.29) is 25.5 Å². The van der Waals surface area contributed by atoms with Gasteiger partial charge in [-0.1, -0.05) is 19.1 Å². The summed E-state index contributed by atoms with van der Waals surface area (Å²) in [4.78, 5) is 39.6. The Bertz CT molecular complexity index is 653. The fourth-order valence-electron chi connectivity index (χ4n) is 3.21. The van der Waals surface area contributed by atoms with Crippen molar-refractivity contribution >= 4 is 23.5 Å². The van der Waals surface area contributed by atoms with Crippen LogP contribution in [0.25, 0.3) is 0 Å². The molecular formula is C18H23NO6. The number of methoxy groups -OCH3 is 1. The lowest BCUT2D eigenvalue weighted by Crippen LogP contribution is -2.62. The van der Waals surface area contributed by atoms with Crippen LogP contribution in [0.5, 0.6) is 5.75 Å². The molecular weight excluding hydrogens is 326 g/mol. The molecule has 0 spiro atoms. The van der Waals surface area contributed by atoms with Gasteiger partial charge in [0.05, 0.1) is 26.0 Å². The number of carbonyl (C=O) groups is 3. The summed E-state index contributed by atoms with van der Waals surface area (Å²) < 4.78 is 15.6. The zero-order valence-electron chi connectivity index (χ0n) is 14.9. The molecule has 0 aliphatic carbocycles. The molecule has 0 radical (unpaired) electrons. The fourth-order valence-corrected chi connectivity index (χ4v) is 3.21. The topological polar surface area (TPSA) is 82.1 Å². The summed E-state index contributed by atoms with van der Waals surface area (Å²) >= 11 is 0. The number of para-hydroxylation sites is 2. The number of hydrogen-bond donors (Lipinski definition) is 0. The third-order valence-corrected chi connectivity index (χ3v) is 4.30. The molecule has 1 heterocycles. The molecule has 1 saturated heterocycles. The molecule has 1 atom stereocenters. The lowest BCUT2D eigenvalue weighted by molar-refractivity contribution is -0.166. The number of ether oxygens (including phenoxy) is 3. The van der Waals surface area contributed by atoms with Crippen molar-refractivity contribution in [3.05, 3.63) is 24.3 Å². The van der Waals surface area contributed by atoms with E-state index in [2.05, 4.69) is 0 Å². The zero-order valence-corrected chi connectivity index (χ0v) is 14.9. The summed E-state index contributed by atoms with van der Waals surface area (Å²) in [6.07, 6.45) is 0.0235. The molecule has 2 rings (SSSR count). The molecule has 136 valence electrons. The molecule has 1 aromatic rings. The highest BCUT2D eigenvalue weighted by Crippen LogP contribution is 2.44. The third kappa shape index (κ3) is 2.94. The van der Waals surface area contributed by atoms with Gasteiger partial charge in [-0.3, -0.25) is 9.69 Å². The van der Waals surface area contributed by atoms with Crippen LogP contribution in [-0.2, 0) is 23.9 Å². The fraction of sp³-hybridized carbons (Fsp3) is 0.500. The van der Waals surface area contributed by atoms with Gasteiger partial charge in [-0.2, -0.15) is 0 Å². The normalized spacial score (nSPS) is 18.8. The molecule has 1 amide bonds. The Kier molecular flexibility index (Phi) is 5.66. The van der Waals surface area contributed by atoms with Gasteiger partial charge in [0, 0.05) is 12.3 Å². The summed E-state index contributed by atoms with van der Waals surface area (Å²) in [5, 5.41) is 0. The highest BCUT2D eigenvalue weighted by molar-refractivity contribution is 6.19. The maximum absolute atomic E-state index is 12.9. The van der Waals surface area contributed by atoms with Gasteiger partial charge in [0.15, 0.2) is 0 Å². The number of carbonyl (C=O) groups excluding carboxylic acids is 3. The molecule has 0 unspecified atom stereocenters. The molecule has 1 aliphatic rings. The molecule has 25 heavy (non-hydrogen) atoms. The van der Waals surface area contributed by atoms with Gasteiger partial charge in [0.25, 0.3) is 0 Å². The van der Waals surface area contributed by atoms with E-state index >= 15 is 0 Å². The summed E-state index contributed by atoms with van der Waals surface area (Å²) in [6.45, 7) is 5.12. The van der Waals surface area contributed by atoms with Crippen molar-refractivity contribution in [2.75, 3.05) is 25.2 Å². The maximum atomic E-state index is 12.9. The van der Waals surface area contributed by atoms with E-state index in [1.165, 1.54) is 12.0 Å². The van der Waals surface area contributed by atoms with Crippen molar-refractivity contribution in [3.8, 4) is 5.75 Å². The molecule has 0 aromatic heterocycles. The predicted octanol–water partition coefficient (Wildman–Crippen LogP) is 1.93. The minimum absolute atomic E-state index is 0.0235. The summed E-state index contributed by atoms with van der Waals surface area (Å²) in [7, 11) is 1.46. The largest absolute Gasteiger partial charge is 0.495 e.